The summed E-state index contributed by atoms with van der Waals surface area (Å²) in [5, 5.41) is 8.69. The van der Waals surface area contributed by atoms with Crippen LogP contribution in [0.25, 0.3) is 0 Å². The van der Waals surface area contributed by atoms with Gasteiger partial charge in [-0.15, -0.1) is 0 Å². The molecule has 0 fully saturated rings. The molecule has 1 atom stereocenters. The highest BCUT2D eigenvalue weighted by Gasteiger charge is 2.16. The van der Waals surface area contributed by atoms with Crippen LogP contribution in [0.4, 0.5) is 0 Å². The predicted octanol–water partition coefficient (Wildman–Crippen LogP) is 2.66. The molecule has 1 unspecified atom stereocenters. The number of esters is 1. The van der Waals surface area contributed by atoms with Crippen molar-refractivity contribution in [2.75, 3.05) is 0 Å². The summed E-state index contributed by atoms with van der Waals surface area (Å²) in [5.41, 5.74) is 1.37. The summed E-state index contributed by atoms with van der Waals surface area (Å²) in [5.74, 6) is -0.601. The first-order valence-electron chi connectivity index (χ1n) is 5.96. The lowest BCUT2D eigenvalue weighted by molar-refractivity contribution is -0.115. The average molecular weight is 265 g/mol. The van der Waals surface area contributed by atoms with Crippen molar-refractivity contribution in [3.8, 4) is 6.07 Å². The number of aldehydes is 1. The van der Waals surface area contributed by atoms with Crippen molar-refractivity contribution in [2.24, 2.45) is 0 Å². The molecule has 0 radical (unpaired) electrons. The third kappa shape index (κ3) is 3.09. The van der Waals surface area contributed by atoms with Gasteiger partial charge < -0.3 is 4.74 Å². The summed E-state index contributed by atoms with van der Waals surface area (Å²) >= 11 is 0. The molecule has 0 saturated heterocycles. The Hall–Kier alpha value is -2.93. The summed E-state index contributed by atoms with van der Waals surface area (Å²) < 4.78 is 5.16. The maximum absolute atomic E-state index is 11.9. The third-order valence-electron chi connectivity index (χ3n) is 2.74. The molecule has 0 heterocycles. The number of rotatable bonds is 4. The smallest absolute Gasteiger partial charge is 0.339 e. The van der Waals surface area contributed by atoms with Crippen LogP contribution in [-0.4, -0.2) is 12.3 Å². The second kappa shape index (κ2) is 6.30. The Kier molecular flexibility index (Phi) is 4.25. The van der Waals surface area contributed by atoms with Crippen LogP contribution in [0.3, 0.4) is 0 Å². The SMILES string of the molecule is N#Cc1ccc(C(=O)OC(C=O)c2ccccc2)cc1. The van der Waals surface area contributed by atoms with Gasteiger partial charge in [-0.3, -0.25) is 4.79 Å². The highest BCUT2D eigenvalue weighted by atomic mass is 16.5. The van der Waals surface area contributed by atoms with Crippen molar-refractivity contribution in [2.45, 2.75) is 6.10 Å². The Morgan fingerprint density at radius 3 is 2.30 bits per heavy atom. The molecule has 2 aromatic rings. The molecule has 0 amide bonds. The van der Waals surface area contributed by atoms with Crippen molar-refractivity contribution >= 4 is 12.3 Å². The number of hydrogen-bond donors (Lipinski definition) is 0. The number of nitrogens with zero attached hydrogens (tertiary/aromatic N) is 1. The number of ether oxygens (including phenoxy) is 1. The highest BCUT2D eigenvalue weighted by molar-refractivity contribution is 5.90. The molecule has 0 spiro atoms. The lowest BCUT2D eigenvalue weighted by Crippen LogP contribution is -2.12. The van der Waals surface area contributed by atoms with E-state index >= 15 is 0 Å². The minimum Gasteiger partial charge on any atom is -0.446 e. The van der Waals surface area contributed by atoms with E-state index in [4.69, 9.17) is 10.00 Å². The normalized spacial score (nSPS) is 11.2. The van der Waals surface area contributed by atoms with Gasteiger partial charge in [-0.2, -0.15) is 5.26 Å². The second-order valence-electron chi connectivity index (χ2n) is 4.06. The largest absolute Gasteiger partial charge is 0.446 e. The maximum atomic E-state index is 11.9. The lowest BCUT2D eigenvalue weighted by atomic mass is 10.1. The molecule has 4 nitrogen and oxygen atoms in total. The Labute approximate surface area is 116 Å². The molecule has 0 aliphatic carbocycles. The molecule has 0 aliphatic heterocycles. The number of nitriles is 1. The molecule has 2 rings (SSSR count). The number of hydrogen-bond acceptors (Lipinski definition) is 4. The van der Waals surface area contributed by atoms with E-state index in [1.807, 2.05) is 12.1 Å². The fourth-order valence-electron chi connectivity index (χ4n) is 1.68. The Morgan fingerprint density at radius 2 is 1.75 bits per heavy atom. The standard InChI is InChI=1S/C16H11NO3/c17-10-12-6-8-14(9-7-12)16(19)20-15(11-18)13-4-2-1-3-5-13/h1-9,11,15H. The van der Waals surface area contributed by atoms with Crippen LogP contribution < -0.4 is 0 Å². The summed E-state index contributed by atoms with van der Waals surface area (Å²) in [6.07, 6.45) is -0.351. The van der Waals surface area contributed by atoms with Crippen molar-refractivity contribution in [1.82, 2.24) is 0 Å². The van der Waals surface area contributed by atoms with Crippen LogP contribution in [0, 0.1) is 11.3 Å². The highest BCUT2D eigenvalue weighted by Crippen LogP contribution is 2.17. The monoisotopic (exact) mass is 265 g/mol. The van der Waals surface area contributed by atoms with Gasteiger partial charge in [0.15, 0.2) is 12.4 Å². The molecule has 0 N–H and O–H groups in total. The summed E-state index contributed by atoms with van der Waals surface area (Å²) in [6.45, 7) is 0. The van der Waals surface area contributed by atoms with E-state index in [-0.39, 0.29) is 0 Å². The predicted molar refractivity (Wildman–Crippen MR) is 71.8 cm³/mol. The van der Waals surface area contributed by atoms with Crippen LogP contribution in [0.5, 0.6) is 0 Å². The van der Waals surface area contributed by atoms with Crippen molar-refractivity contribution < 1.29 is 14.3 Å². The van der Waals surface area contributed by atoms with Crippen LogP contribution >= 0.6 is 0 Å². The zero-order valence-corrected chi connectivity index (χ0v) is 10.5. The van der Waals surface area contributed by atoms with Crippen LogP contribution in [-0.2, 0) is 9.53 Å². The van der Waals surface area contributed by atoms with Crippen molar-refractivity contribution in [3.63, 3.8) is 0 Å². The maximum Gasteiger partial charge on any atom is 0.339 e. The topological polar surface area (TPSA) is 67.2 Å². The molecule has 0 saturated carbocycles. The fourth-order valence-corrected chi connectivity index (χ4v) is 1.68. The molecular weight excluding hydrogens is 254 g/mol. The van der Waals surface area contributed by atoms with Crippen molar-refractivity contribution in [1.29, 1.82) is 5.26 Å². The Balaban J connectivity index is 2.13. The first-order valence-corrected chi connectivity index (χ1v) is 5.96. The molecule has 2 aromatic carbocycles. The summed E-state index contributed by atoms with van der Waals surface area (Å²) in [6, 6.07) is 16.8. The quantitative estimate of drug-likeness (QED) is 0.629. The zero-order chi connectivity index (χ0) is 14.4. The molecule has 0 aliphatic rings. The van der Waals surface area contributed by atoms with Gasteiger partial charge in [0.25, 0.3) is 0 Å². The minimum absolute atomic E-state index is 0.298. The van der Waals surface area contributed by atoms with E-state index in [9.17, 15) is 9.59 Å². The van der Waals surface area contributed by atoms with Gasteiger partial charge in [-0.05, 0) is 29.8 Å². The summed E-state index contributed by atoms with van der Waals surface area (Å²) in [7, 11) is 0. The van der Waals surface area contributed by atoms with Crippen LogP contribution in [0.1, 0.15) is 27.6 Å². The third-order valence-corrected chi connectivity index (χ3v) is 2.74. The van der Waals surface area contributed by atoms with E-state index in [0.717, 1.165) is 0 Å². The first-order chi connectivity index (χ1) is 9.74. The lowest BCUT2D eigenvalue weighted by Gasteiger charge is -2.12. The molecular formula is C16H11NO3. The molecule has 0 aromatic heterocycles. The van der Waals surface area contributed by atoms with Crippen LogP contribution in [0.2, 0.25) is 0 Å². The fraction of sp³-hybridized carbons (Fsp3) is 0.0625. The number of benzene rings is 2. The average Bonchev–Trinajstić information content (AvgIpc) is 2.53. The number of carbonyl (C=O) groups excluding carboxylic acids is 2. The Bertz CT molecular complexity index is 642. The van der Waals surface area contributed by atoms with Gasteiger partial charge in [0.1, 0.15) is 0 Å². The first kappa shape index (κ1) is 13.5. The van der Waals surface area contributed by atoms with Gasteiger partial charge in [0.2, 0.25) is 0 Å². The van der Waals surface area contributed by atoms with Gasteiger partial charge in [-0.1, -0.05) is 30.3 Å². The zero-order valence-electron chi connectivity index (χ0n) is 10.5. The Morgan fingerprint density at radius 1 is 1.10 bits per heavy atom. The van der Waals surface area contributed by atoms with Crippen molar-refractivity contribution in [3.05, 3.63) is 71.3 Å². The van der Waals surface area contributed by atoms with E-state index in [1.165, 1.54) is 24.3 Å². The minimum atomic E-state index is -0.931. The van der Waals surface area contributed by atoms with Gasteiger partial charge in [0, 0.05) is 0 Å². The van der Waals surface area contributed by atoms with E-state index < -0.39 is 12.1 Å². The molecule has 20 heavy (non-hydrogen) atoms. The molecule has 98 valence electrons. The second-order valence-corrected chi connectivity index (χ2v) is 4.06. The molecule has 4 heteroatoms. The summed E-state index contributed by atoms with van der Waals surface area (Å²) in [4.78, 5) is 23.0. The van der Waals surface area contributed by atoms with E-state index in [0.29, 0.717) is 23.0 Å². The molecule has 0 bridgehead atoms. The van der Waals surface area contributed by atoms with Gasteiger partial charge >= 0.3 is 5.97 Å². The number of carbonyl (C=O) groups is 2. The van der Waals surface area contributed by atoms with E-state index in [1.54, 1.807) is 24.3 Å². The van der Waals surface area contributed by atoms with Gasteiger partial charge in [0.05, 0.1) is 17.2 Å². The van der Waals surface area contributed by atoms with Crippen LogP contribution in [0.15, 0.2) is 54.6 Å². The van der Waals surface area contributed by atoms with E-state index in [2.05, 4.69) is 0 Å². The van der Waals surface area contributed by atoms with Gasteiger partial charge in [-0.25, -0.2) is 4.79 Å².